The molecule has 0 aliphatic rings. The number of nitrogens with zero attached hydrogens (tertiary/aromatic N) is 4. The van der Waals surface area contributed by atoms with Crippen LogP contribution in [0.1, 0.15) is 25.5 Å². The van der Waals surface area contributed by atoms with Gasteiger partial charge >= 0.3 is 0 Å². The topological polar surface area (TPSA) is 75.9 Å². The number of rotatable bonds is 4. The average Bonchev–Trinajstić information content (AvgIpc) is 2.91. The first-order valence-electron chi connectivity index (χ1n) is 7.07. The van der Waals surface area contributed by atoms with Gasteiger partial charge in [0, 0.05) is 23.2 Å². The van der Waals surface area contributed by atoms with Gasteiger partial charge in [0.2, 0.25) is 5.28 Å². The summed E-state index contributed by atoms with van der Waals surface area (Å²) in [5.74, 6) is 0.671. The zero-order valence-corrected chi connectivity index (χ0v) is 14.1. The van der Waals surface area contributed by atoms with Crippen LogP contribution < -0.4 is 5.32 Å². The van der Waals surface area contributed by atoms with Gasteiger partial charge in [-0.3, -0.25) is 0 Å². The fraction of sp³-hybridized carbons (Fsp3) is 0.267. The van der Waals surface area contributed by atoms with Gasteiger partial charge in [0.05, 0.1) is 6.33 Å². The first kappa shape index (κ1) is 15.8. The summed E-state index contributed by atoms with van der Waals surface area (Å²) in [7, 11) is 0. The molecule has 0 saturated heterocycles. The summed E-state index contributed by atoms with van der Waals surface area (Å²) in [5, 5.41) is 13.7. The third kappa shape index (κ3) is 3.18. The number of fused-ring (bicyclic) bond motifs is 1. The van der Waals surface area contributed by atoms with Crippen molar-refractivity contribution in [3.05, 3.63) is 40.4 Å². The van der Waals surface area contributed by atoms with Crippen LogP contribution >= 0.6 is 23.2 Å². The zero-order chi connectivity index (χ0) is 16.6. The highest BCUT2D eigenvalue weighted by atomic mass is 35.5. The molecule has 0 saturated carbocycles. The highest BCUT2D eigenvalue weighted by Gasteiger charge is 2.14. The molecule has 120 valence electrons. The van der Waals surface area contributed by atoms with Gasteiger partial charge in [0.15, 0.2) is 17.0 Å². The molecule has 3 aromatic rings. The Bertz CT molecular complexity index is 862. The van der Waals surface area contributed by atoms with Crippen molar-refractivity contribution in [2.45, 2.75) is 26.4 Å². The van der Waals surface area contributed by atoms with E-state index < -0.39 is 0 Å². The van der Waals surface area contributed by atoms with Gasteiger partial charge in [-0.25, -0.2) is 4.98 Å². The van der Waals surface area contributed by atoms with E-state index in [0.717, 1.165) is 0 Å². The molecule has 0 amide bonds. The quantitative estimate of drug-likeness (QED) is 0.694. The number of halogens is 2. The van der Waals surface area contributed by atoms with Gasteiger partial charge in [-0.2, -0.15) is 9.97 Å². The summed E-state index contributed by atoms with van der Waals surface area (Å²) in [6.45, 7) is 4.41. The second-order valence-corrected chi connectivity index (χ2v) is 6.16. The number of aromatic hydroxyl groups is 1. The highest BCUT2D eigenvalue weighted by Crippen LogP contribution is 2.26. The lowest BCUT2D eigenvalue weighted by molar-refractivity contribution is 0.469. The van der Waals surface area contributed by atoms with Crippen LogP contribution in [-0.4, -0.2) is 24.6 Å². The summed E-state index contributed by atoms with van der Waals surface area (Å²) in [5.41, 5.74) is 1.95. The summed E-state index contributed by atoms with van der Waals surface area (Å²) in [6.07, 6.45) is 1.71. The van der Waals surface area contributed by atoms with Crippen LogP contribution in [0.5, 0.6) is 5.75 Å². The summed E-state index contributed by atoms with van der Waals surface area (Å²) in [4.78, 5) is 12.8. The average molecular weight is 352 g/mol. The van der Waals surface area contributed by atoms with Crippen LogP contribution in [-0.2, 0) is 6.54 Å². The van der Waals surface area contributed by atoms with Gasteiger partial charge < -0.3 is 15.0 Å². The fourth-order valence-corrected chi connectivity index (χ4v) is 2.63. The van der Waals surface area contributed by atoms with E-state index in [-0.39, 0.29) is 17.1 Å². The van der Waals surface area contributed by atoms with Crippen LogP contribution in [0, 0.1) is 0 Å². The number of hydrogen-bond acceptors (Lipinski definition) is 5. The van der Waals surface area contributed by atoms with Gasteiger partial charge in [0.1, 0.15) is 5.75 Å². The predicted octanol–water partition coefficient (Wildman–Crippen LogP) is 4.03. The minimum absolute atomic E-state index is 0.137. The Balaban J connectivity index is 1.95. The van der Waals surface area contributed by atoms with Crippen molar-refractivity contribution >= 4 is 40.2 Å². The second-order valence-electron chi connectivity index (χ2n) is 5.39. The van der Waals surface area contributed by atoms with E-state index in [4.69, 9.17) is 23.2 Å². The number of anilines is 1. The lowest BCUT2D eigenvalue weighted by atomic mass is 10.2. The lowest BCUT2D eigenvalue weighted by Gasteiger charge is -2.10. The van der Waals surface area contributed by atoms with Crippen LogP contribution in [0.15, 0.2) is 24.5 Å². The molecule has 0 atom stereocenters. The fourth-order valence-electron chi connectivity index (χ4n) is 2.27. The molecule has 0 fully saturated rings. The SMILES string of the molecule is CC(C)n1cnc2c(NCc3cc(Cl)ccc3O)nc(Cl)nc21. The second kappa shape index (κ2) is 6.22. The maximum Gasteiger partial charge on any atom is 0.226 e. The maximum atomic E-state index is 9.88. The van der Waals surface area contributed by atoms with E-state index >= 15 is 0 Å². The number of phenolic OH excluding ortho intramolecular Hbond substituents is 1. The van der Waals surface area contributed by atoms with Crippen LogP contribution in [0.2, 0.25) is 10.3 Å². The van der Waals surface area contributed by atoms with Crippen molar-refractivity contribution in [1.29, 1.82) is 0 Å². The van der Waals surface area contributed by atoms with E-state index in [1.165, 1.54) is 0 Å². The summed E-state index contributed by atoms with van der Waals surface area (Å²) in [6, 6.07) is 5.08. The molecular formula is C15H15Cl2N5O. The Kier molecular flexibility index (Phi) is 4.28. The zero-order valence-electron chi connectivity index (χ0n) is 12.6. The number of imidazole rings is 1. The number of hydrogen-bond donors (Lipinski definition) is 2. The smallest absolute Gasteiger partial charge is 0.226 e. The van der Waals surface area contributed by atoms with E-state index in [1.807, 2.05) is 18.4 Å². The molecule has 0 aliphatic carbocycles. The summed E-state index contributed by atoms with van der Waals surface area (Å²) < 4.78 is 1.92. The molecule has 8 heteroatoms. The van der Waals surface area contributed by atoms with Crippen LogP contribution in [0.3, 0.4) is 0 Å². The van der Waals surface area contributed by atoms with Crippen LogP contribution in [0.4, 0.5) is 5.82 Å². The van der Waals surface area contributed by atoms with Gasteiger partial charge in [-0.15, -0.1) is 0 Å². The van der Waals surface area contributed by atoms with Crippen molar-refractivity contribution in [2.75, 3.05) is 5.32 Å². The Morgan fingerprint density at radius 2 is 2.04 bits per heavy atom. The third-order valence-electron chi connectivity index (χ3n) is 3.44. The van der Waals surface area contributed by atoms with Gasteiger partial charge in [-0.05, 0) is 43.6 Å². The largest absolute Gasteiger partial charge is 0.508 e. The Morgan fingerprint density at radius 3 is 2.78 bits per heavy atom. The molecule has 2 N–H and O–H groups in total. The molecule has 0 radical (unpaired) electrons. The van der Waals surface area contributed by atoms with Crippen LogP contribution in [0.25, 0.3) is 11.2 Å². The van der Waals surface area contributed by atoms with Crippen molar-refractivity contribution in [3.8, 4) is 5.75 Å². The molecule has 0 bridgehead atoms. The Labute approximate surface area is 143 Å². The predicted molar refractivity (Wildman–Crippen MR) is 91.2 cm³/mol. The van der Waals surface area contributed by atoms with E-state index in [2.05, 4.69) is 20.3 Å². The summed E-state index contributed by atoms with van der Waals surface area (Å²) >= 11 is 12.0. The molecule has 1 aromatic carbocycles. The van der Waals surface area contributed by atoms with Gasteiger partial charge in [0.25, 0.3) is 0 Å². The number of benzene rings is 1. The molecule has 0 aliphatic heterocycles. The van der Waals surface area contributed by atoms with Gasteiger partial charge in [-0.1, -0.05) is 11.6 Å². The Morgan fingerprint density at radius 1 is 1.26 bits per heavy atom. The molecule has 0 spiro atoms. The Hall–Kier alpha value is -2.05. The lowest BCUT2D eigenvalue weighted by Crippen LogP contribution is -2.05. The monoisotopic (exact) mass is 351 g/mol. The number of nitrogens with one attached hydrogen (secondary N) is 1. The molecule has 2 aromatic heterocycles. The minimum atomic E-state index is 0.137. The standard InChI is InChI=1S/C15H15Cl2N5O/c1-8(2)22-7-19-12-13(20-15(17)21-14(12)22)18-6-9-5-10(16)3-4-11(9)23/h3-5,7-8,23H,6H2,1-2H3,(H,18,20,21). The number of phenols is 1. The van der Waals surface area contributed by atoms with E-state index in [1.54, 1.807) is 24.5 Å². The van der Waals surface area contributed by atoms with Crippen molar-refractivity contribution in [2.24, 2.45) is 0 Å². The normalized spacial score (nSPS) is 11.3. The minimum Gasteiger partial charge on any atom is -0.508 e. The first-order chi connectivity index (χ1) is 11.0. The maximum absolute atomic E-state index is 9.88. The van der Waals surface area contributed by atoms with Crippen molar-refractivity contribution in [3.63, 3.8) is 0 Å². The first-order valence-corrected chi connectivity index (χ1v) is 7.82. The molecule has 6 nitrogen and oxygen atoms in total. The van der Waals surface area contributed by atoms with Crippen molar-refractivity contribution < 1.29 is 5.11 Å². The van der Waals surface area contributed by atoms with E-state index in [0.29, 0.717) is 34.1 Å². The third-order valence-corrected chi connectivity index (χ3v) is 3.84. The highest BCUT2D eigenvalue weighted by molar-refractivity contribution is 6.30. The molecular weight excluding hydrogens is 337 g/mol. The number of aromatic nitrogens is 4. The van der Waals surface area contributed by atoms with Crippen molar-refractivity contribution in [1.82, 2.24) is 19.5 Å². The molecule has 0 unspecified atom stereocenters. The molecule has 2 heterocycles. The molecule has 3 rings (SSSR count). The van der Waals surface area contributed by atoms with E-state index in [9.17, 15) is 5.11 Å². The molecule has 23 heavy (non-hydrogen) atoms.